The Kier molecular flexibility index (Phi) is 6.35. The summed E-state index contributed by atoms with van der Waals surface area (Å²) in [6.07, 6.45) is 0. The van der Waals surface area contributed by atoms with Crippen molar-refractivity contribution in [3.63, 3.8) is 0 Å². The lowest BCUT2D eigenvalue weighted by molar-refractivity contribution is -0.135. The number of hydrogen-bond acceptors (Lipinski definition) is 3. The van der Waals surface area contributed by atoms with Crippen molar-refractivity contribution in [3.05, 3.63) is 55.4 Å². The predicted octanol–water partition coefficient (Wildman–Crippen LogP) is 5.23. The lowest BCUT2D eigenvalue weighted by atomic mass is 10.3. The molecule has 134 valence electrons. The second-order valence-electron chi connectivity index (χ2n) is 4.70. The van der Waals surface area contributed by atoms with Crippen LogP contribution in [0.2, 0.25) is 25.1 Å². The van der Waals surface area contributed by atoms with Crippen LogP contribution >= 0.6 is 58.0 Å². The molecular formula is C14H8Cl5NO4S. The van der Waals surface area contributed by atoms with E-state index < -0.39 is 22.5 Å². The van der Waals surface area contributed by atoms with E-state index in [0.29, 0.717) is 4.31 Å². The molecule has 0 fully saturated rings. The molecule has 0 atom stereocenters. The van der Waals surface area contributed by atoms with Gasteiger partial charge in [-0.05, 0) is 30.3 Å². The fraction of sp³-hybridized carbons (Fsp3) is 0.0714. The number of sulfonamides is 1. The highest BCUT2D eigenvalue weighted by Gasteiger charge is 2.29. The van der Waals surface area contributed by atoms with Gasteiger partial charge in [-0.3, -0.25) is 9.10 Å². The Morgan fingerprint density at radius 2 is 1.44 bits per heavy atom. The average Bonchev–Trinajstić information content (AvgIpc) is 2.51. The highest BCUT2D eigenvalue weighted by atomic mass is 35.5. The molecule has 0 aliphatic carbocycles. The molecular weight excluding hydrogens is 455 g/mol. The van der Waals surface area contributed by atoms with Crippen molar-refractivity contribution in [2.75, 3.05) is 10.8 Å². The number of carbonyl (C=O) groups is 1. The van der Waals surface area contributed by atoms with E-state index in [-0.39, 0.29) is 35.7 Å². The Balaban J connectivity index is 2.66. The predicted molar refractivity (Wildman–Crippen MR) is 100 cm³/mol. The zero-order chi connectivity index (χ0) is 18.9. The molecule has 0 saturated heterocycles. The van der Waals surface area contributed by atoms with Crippen LogP contribution < -0.4 is 4.31 Å². The molecule has 0 heterocycles. The standard InChI is InChI=1S/C14H8Cl5NO4S/c15-8-2-1-7(3-9(8)16)25(23,24)20(6-14(21)22)13-5-11(18)10(17)4-12(13)19/h1-5H,6H2,(H,21,22). The third-order valence-electron chi connectivity index (χ3n) is 3.02. The van der Waals surface area contributed by atoms with E-state index in [1.54, 1.807) is 0 Å². The fourth-order valence-electron chi connectivity index (χ4n) is 1.89. The molecule has 0 spiro atoms. The highest BCUT2D eigenvalue weighted by molar-refractivity contribution is 7.92. The molecule has 0 radical (unpaired) electrons. The van der Waals surface area contributed by atoms with Gasteiger partial charge in [0.2, 0.25) is 0 Å². The van der Waals surface area contributed by atoms with E-state index in [1.165, 1.54) is 24.3 Å². The molecule has 2 aromatic rings. The third-order valence-corrected chi connectivity index (χ3v) is 6.54. The molecule has 0 aliphatic heterocycles. The molecule has 1 N–H and O–H groups in total. The Labute approximate surface area is 168 Å². The molecule has 2 rings (SSSR count). The Morgan fingerprint density at radius 3 is 2.00 bits per heavy atom. The number of nitrogens with zero attached hydrogens (tertiary/aromatic N) is 1. The quantitative estimate of drug-likeness (QED) is 0.616. The van der Waals surface area contributed by atoms with Crippen molar-refractivity contribution in [2.24, 2.45) is 0 Å². The smallest absolute Gasteiger partial charge is 0.324 e. The number of aliphatic carboxylic acids is 1. The molecule has 11 heteroatoms. The van der Waals surface area contributed by atoms with E-state index in [0.717, 1.165) is 6.07 Å². The maximum absolute atomic E-state index is 12.9. The van der Waals surface area contributed by atoms with Crippen molar-refractivity contribution < 1.29 is 18.3 Å². The summed E-state index contributed by atoms with van der Waals surface area (Å²) >= 11 is 29.4. The number of rotatable bonds is 5. The number of hydrogen-bond donors (Lipinski definition) is 1. The van der Waals surface area contributed by atoms with Crippen molar-refractivity contribution >= 4 is 79.7 Å². The first-order valence-electron chi connectivity index (χ1n) is 6.38. The molecule has 0 amide bonds. The van der Waals surface area contributed by atoms with Crippen LogP contribution in [0.25, 0.3) is 0 Å². The monoisotopic (exact) mass is 461 g/mol. The van der Waals surface area contributed by atoms with Crippen LogP contribution in [-0.4, -0.2) is 26.0 Å². The van der Waals surface area contributed by atoms with E-state index >= 15 is 0 Å². The minimum Gasteiger partial charge on any atom is -0.480 e. The zero-order valence-electron chi connectivity index (χ0n) is 12.0. The van der Waals surface area contributed by atoms with E-state index in [2.05, 4.69) is 0 Å². The van der Waals surface area contributed by atoms with Crippen LogP contribution in [0.15, 0.2) is 35.2 Å². The third kappa shape index (κ3) is 4.45. The van der Waals surface area contributed by atoms with E-state index in [9.17, 15) is 13.2 Å². The van der Waals surface area contributed by atoms with Crippen LogP contribution in [0.3, 0.4) is 0 Å². The average molecular weight is 464 g/mol. The second-order valence-corrected chi connectivity index (χ2v) is 8.60. The summed E-state index contributed by atoms with van der Waals surface area (Å²) in [5.41, 5.74) is -0.135. The van der Waals surface area contributed by atoms with Crippen LogP contribution in [-0.2, 0) is 14.8 Å². The highest BCUT2D eigenvalue weighted by Crippen LogP contribution is 2.37. The minimum absolute atomic E-state index is 0.00162. The first-order chi connectivity index (χ1) is 11.5. The first kappa shape index (κ1) is 20.4. The van der Waals surface area contributed by atoms with E-state index in [4.69, 9.17) is 63.1 Å². The van der Waals surface area contributed by atoms with Crippen LogP contribution in [0.5, 0.6) is 0 Å². The van der Waals surface area contributed by atoms with Gasteiger partial charge in [0.05, 0.1) is 35.7 Å². The number of carboxylic acids is 1. The van der Waals surface area contributed by atoms with Gasteiger partial charge >= 0.3 is 5.97 Å². The summed E-state index contributed by atoms with van der Waals surface area (Å²) in [6.45, 7) is -0.889. The van der Waals surface area contributed by atoms with Gasteiger partial charge in [-0.15, -0.1) is 0 Å². The van der Waals surface area contributed by atoms with Crippen LogP contribution in [0.4, 0.5) is 5.69 Å². The molecule has 5 nitrogen and oxygen atoms in total. The summed E-state index contributed by atoms with van der Waals surface area (Å²) < 4.78 is 26.4. The number of anilines is 1. The molecule has 25 heavy (non-hydrogen) atoms. The van der Waals surface area contributed by atoms with Crippen molar-refractivity contribution in [1.82, 2.24) is 0 Å². The second kappa shape index (κ2) is 7.78. The molecule has 0 bridgehead atoms. The maximum atomic E-state index is 12.9. The van der Waals surface area contributed by atoms with E-state index in [1.807, 2.05) is 0 Å². The summed E-state index contributed by atoms with van der Waals surface area (Å²) in [5.74, 6) is -1.40. The van der Waals surface area contributed by atoms with Gasteiger partial charge < -0.3 is 5.11 Å². The van der Waals surface area contributed by atoms with Crippen molar-refractivity contribution in [3.8, 4) is 0 Å². The molecule has 2 aromatic carbocycles. The largest absolute Gasteiger partial charge is 0.480 e. The van der Waals surface area contributed by atoms with Crippen LogP contribution in [0.1, 0.15) is 0 Å². The fourth-order valence-corrected chi connectivity index (χ4v) is 4.40. The van der Waals surface area contributed by atoms with Crippen molar-refractivity contribution in [2.45, 2.75) is 4.90 Å². The molecule has 0 unspecified atom stereocenters. The molecule has 0 aliphatic rings. The summed E-state index contributed by atoms with van der Waals surface area (Å²) in [7, 11) is -4.32. The van der Waals surface area contributed by atoms with Gasteiger partial charge in [-0.25, -0.2) is 8.42 Å². The molecule has 0 aromatic heterocycles. The van der Waals surface area contributed by atoms with Crippen LogP contribution in [0, 0.1) is 0 Å². The Bertz CT molecular complexity index is 948. The number of benzene rings is 2. The molecule has 0 saturated carbocycles. The first-order valence-corrected chi connectivity index (χ1v) is 9.71. The summed E-state index contributed by atoms with van der Waals surface area (Å²) in [5, 5.41) is 9.29. The number of halogens is 5. The SMILES string of the molecule is O=C(O)CN(c1cc(Cl)c(Cl)cc1Cl)S(=O)(=O)c1ccc(Cl)c(Cl)c1. The Morgan fingerprint density at radius 1 is 0.880 bits per heavy atom. The summed E-state index contributed by atoms with van der Waals surface area (Å²) in [6, 6.07) is 5.99. The van der Waals surface area contributed by atoms with Gasteiger partial charge in [0.15, 0.2) is 0 Å². The number of carboxylic acid groups (broad SMARTS) is 1. The lowest BCUT2D eigenvalue weighted by Crippen LogP contribution is -2.36. The lowest BCUT2D eigenvalue weighted by Gasteiger charge is -2.24. The minimum atomic E-state index is -4.32. The zero-order valence-corrected chi connectivity index (χ0v) is 16.6. The van der Waals surface area contributed by atoms with Gasteiger partial charge in [0, 0.05) is 0 Å². The Hall–Kier alpha value is -0.890. The normalized spacial score (nSPS) is 11.4. The van der Waals surface area contributed by atoms with Gasteiger partial charge in [-0.1, -0.05) is 58.0 Å². The topological polar surface area (TPSA) is 74.7 Å². The van der Waals surface area contributed by atoms with Crippen molar-refractivity contribution in [1.29, 1.82) is 0 Å². The van der Waals surface area contributed by atoms with Gasteiger partial charge in [0.1, 0.15) is 6.54 Å². The summed E-state index contributed by atoms with van der Waals surface area (Å²) in [4.78, 5) is 10.9. The maximum Gasteiger partial charge on any atom is 0.324 e. The van der Waals surface area contributed by atoms with Gasteiger partial charge in [0.25, 0.3) is 10.0 Å². The van der Waals surface area contributed by atoms with Gasteiger partial charge in [-0.2, -0.15) is 0 Å².